The molecule has 1 aromatic heterocycles. The Bertz CT molecular complexity index is 909. The summed E-state index contributed by atoms with van der Waals surface area (Å²) in [5.74, 6) is 1.90. The highest BCUT2D eigenvalue weighted by molar-refractivity contribution is 7.99. The van der Waals surface area contributed by atoms with Gasteiger partial charge in [-0.15, -0.1) is 16.8 Å². The van der Waals surface area contributed by atoms with Crippen LogP contribution in [0.2, 0.25) is 0 Å². The Morgan fingerprint density at radius 1 is 1.21 bits per heavy atom. The van der Waals surface area contributed by atoms with E-state index >= 15 is 0 Å². The van der Waals surface area contributed by atoms with Crippen molar-refractivity contribution in [3.05, 3.63) is 48.3 Å². The maximum Gasteiger partial charge on any atom is 0.230 e. The molecule has 33 heavy (non-hydrogen) atoms. The molecule has 1 aliphatic carbocycles. The molecule has 6 nitrogen and oxygen atoms in total. The summed E-state index contributed by atoms with van der Waals surface area (Å²) >= 11 is 1.41. The van der Waals surface area contributed by atoms with Gasteiger partial charge in [0.2, 0.25) is 5.91 Å². The van der Waals surface area contributed by atoms with Crippen molar-refractivity contribution >= 4 is 17.7 Å². The minimum absolute atomic E-state index is 0.0600. The summed E-state index contributed by atoms with van der Waals surface area (Å²) in [6.07, 6.45) is 8.64. The van der Waals surface area contributed by atoms with Crippen LogP contribution < -0.4 is 10.1 Å². The number of allylic oxidation sites excluding steroid dienone is 1. The predicted molar refractivity (Wildman–Crippen MR) is 135 cm³/mol. The Hall–Kier alpha value is -2.28. The van der Waals surface area contributed by atoms with Crippen molar-refractivity contribution < 1.29 is 9.53 Å². The van der Waals surface area contributed by atoms with Crippen molar-refractivity contribution in [2.24, 2.45) is 0 Å². The highest BCUT2D eigenvalue weighted by Crippen LogP contribution is 2.28. The number of hydrogen-bond donors (Lipinski definition) is 1. The van der Waals surface area contributed by atoms with Crippen LogP contribution in [0.25, 0.3) is 0 Å². The van der Waals surface area contributed by atoms with E-state index in [0.29, 0.717) is 23.5 Å². The second kappa shape index (κ2) is 11.7. The number of nitrogens with zero attached hydrogens (tertiary/aromatic N) is 3. The zero-order chi connectivity index (χ0) is 23.8. The molecule has 0 spiro atoms. The molecule has 1 unspecified atom stereocenters. The molecule has 0 aliphatic heterocycles. The second-order valence-corrected chi connectivity index (χ2v) is 10.8. The van der Waals surface area contributed by atoms with Crippen molar-refractivity contribution in [3.8, 4) is 5.75 Å². The van der Waals surface area contributed by atoms with Gasteiger partial charge in [-0.1, -0.05) is 76.4 Å². The van der Waals surface area contributed by atoms with E-state index < -0.39 is 0 Å². The lowest BCUT2D eigenvalue weighted by Crippen LogP contribution is -2.35. The number of rotatable bonds is 9. The molecule has 1 N–H and O–H groups in total. The molecule has 1 aromatic carbocycles. The first-order valence-corrected chi connectivity index (χ1v) is 13.0. The normalized spacial score (nSPS) is 16.1. The van der Waals surface area contributed by atoms with E-state index in [-0.39, 0.29) is 17.4 Å². The lowest BCUT2D eigenvalue weighted by atomic mass is 9.87. The van der Waals surface area contributed by atoms with Gasteiger partial charge >= 0.3 is 0 Å². The van der Waals surface area contributed by atoms with E-state index in [1.807, 2.05) is 29.7 Å². The van der Waals surface area contributed by atoms with Crippen molar-refractivity contribution in [1.29, 1.82) is 0 Å². The molecule has 180 valence electrons. The van der Waals surface area contributed by atoms with E-state index in [4.69, 9.17) is 4.74 Å². The Kier molecular flexibility index (Phi) is 9.01. The second-order valence-electron chi connectivity index (χ2n) is 9.82. The van der Waals surface area contributed by atoms with Gasteiger partial charge in [0.1, 0.15) is 5.75 Å². The molecule has 3 rings (SSSR count). The van der Waals surface area contributed by atoms with Crippen molar-refractivity contribution in [2.75, 3.05) is 5.75 Å². The maximum absolute atomic E-state index is 12.5. The van der Waals surface area contributed by atoms with Gasteiger partial charge in [-0.05, 0) is 42.9 Å². The molecule has 0 bridgehead atoms. The minimum atomic E-state index is -0.285. The third kappa shape index (κ3) is 7.36. The first kappa shape index (κ1) is 25.3. The molecule has 2 aromatic rings. The van der Waals surface area contributed by atoms with Gasteiger partial charge in [-0.2, -0.15) is 0 Å². The Morgan fingerprint density at radius 3 is 2.48 bits per heavy atom. The molecular weight excluding hydrogens is 432 g/mol. The first-order valence-electron chi connectivity index (χ1n) is 12.0. The third-order valence-corrected chi connectivity index (χ3v) is 6.97. The summed E-state index contributed by atoms with van der Waals surface area (Å²) in [5, 5.41) is 12.6. The zero-order valence-corrected chi connectivity index (χ0v) is 21.3. The molecule has 1 atom stereocenters. The highest BCUT2D eigenvalue weighted by Gasteiger charge is 2.21. The highest BCUT2D eigenvalue weighted by atomic mass is 32.2. The van der Waals surface area contributed by atoms with Gasteiger partial charge in [-0.3, -0.25) is 9.36 Å². The van der Waals surface area contributed by atoms with Crippen LogP contribution in [0, 0.1) is 0 Å². The van der Waals surface area contributed by atoms with Gasteiger partial charge < -0.3 is 10.1 Å². The number of benzene rings is 1. The molecule has 1 saturated carbocycles. The average Bonchev–Trinajstić information content (AvgIpc) is 2.98. The van der Waals surface area contributed by atoms with Crippen molar-refractivity contribution in [3.63, 3.8) is 0 Å². The van der Waals surface area contributed by atoms with Gasteiger partial charge in [0, 0.05) is 12.6 Å². The van der Waals surface area contributed by atoms with E-state index in [1.54, 1.807) is 0 Å². The number of amides is 1. The van der Waals surface area contributed by atoms with Crippen LogP contribution in [-0.4, -0.2) is 32.5 Å². The number of nitrogens with one attached hydrogen (secondary N) is 1. The monoisotopic (exact) mass is 470 g/mol. The first-order chi connectivity index (χ1) is 15.8. The predicted octanol–water partition coefficient (Wildman–Crippen LogP) is 5.83. The van der Waals surface area contributed by atoms with Gasteiger partial charge in [0.25, 0.3) is 0 Å². The molecular formula is C26H38N4O2S. The molecule has 7 heteroatoms. The minimum Gasteiger partial charge on any atom is -0.483 e. The fourth-order valence-electron chi connectivity index (χ4n) is 4.12. The van der Waals surface area contributed by atoms with Crippen molar-refractivity contribution in [1.82, 2.24) is 20.1 Å². The molecule has 1 aliphatic rings. The average molecular weight is 471 g/mol. The maximum atomic E-state index is 12.5. The van der Waals surface area contributed by atoms with Gasteiger partial charge in [-0.25, -0.2) is 0 Å². The van der Waals surface area contributed by atoms with E-state index in [9.17, 15) is 4.79 Å². The number of hydrogen-bond acceptors (Lipinski definition) is 5. The molecule has 1 heterocycles. The Labute approximate surface area is 202 Å². The smallest absolute Gasteiger partial charge is 0.230 e. The lowest BCUT2D eigenvalue weighted by Gasteiger charge is -2.20. The molecule has 1 fully saturated rings. The fraction of sp³-hybridized carbons (Fsp3) is 0.577. The van der Waals surface area contributed by atoms with E-state index in [0.717, 1.165) is 24.4 Å². The molecule has 0 saturated heterocycles. The summed E-state index contributed by atoms with van der Waals surface area (Å²) in [6.45, 7) is 13.0. The summed E-state index contributed by atoms with van der Waals surface area (Å²) in [5.41, 5.74) is 1.36. The van der Waals surface area contributed by atoms with E-state index in [2.05, 4.69) is 55.0 Å². The molecule has 1 amide bonds. The summed E-state index contributed by atoms with van der Waals surface area (Å²) < 4.78 is 8.14. The number of ether oxygens (including phenoxy) is 1. The number of thioether (sulfide) groups is 1. The summed E-state index contributed by atoms with van der Waals surface area (Å²) in [6, 6.07) is 8.51. The largest absolute Gasteiger partial charge is 0.483 e. The topological polar surface area (TPSA) is 69.0 Å². The van der Waals surface area contributed by atoms with Gasteiger partial charge in [0.15, 0.2) is 17.1 Å². The summed E-state index contributed by atoms with van der Waals surface area (Å²) in [7, 11) is 0. The summed E-state index contributed by atoms with van der Waals surface area (Å²) in [4.78, 5) is 12.5. The van der Waals surface area contributed by atoms with Gasteiger partial charge in [0.05, 0.1) is 5.75 Å². The van der Waals surface area contributed by atoms with Crippen LogP contribution in [0.3, 0.4) is 0 Å². The quantitative estimate of drug-likeness (QED) is 0.284. The third-order valence-electron chi connectivity index (χ3n) is 6.01. The molecule has 0 radical (unpaired) electrons. The number of aromatic nitrogens is 3. The van der Waals surface area contributed by atoms with Crippen LogP contribution in [-0.2, 0) is 16.8 Å². The number of carbonyl (C=O) groups is 1. The Balaban J connectivity index is 1.62. The lowest BCUT2D eigenvalue weighted by molar-refractivity contribution is -0.119. The van der Waals surface area contributed by atoms with Crippen LogP contribution in [0.15, 0.2) is 42.1 Å². The van der Waals surface area contributed by atoms with Crippen LogP contribution in [0.4, 0.5) is 0 Å². The fourth-order valence-corrected chi connectivity index (χ4v) is 4.89. The van der Waals surface area contributed by atoms with E-state index in [1.165, 1.54) is 43.0 Å². The van der Waals surface area contributed by atoms with Crippen LogP contribution in [0.5, 0.6) is 5.75 Å². The van der Waals surface area contributed by atoms with Crippen molar-refractivity contribution in [2.45, 2.75) is 95.5 Å². The SMILES string of the molecule is C=CCn1c(SCC(=O)NC2CCCCCC2)nnc1C(C)Oc1ccc(C(C)(C)C)cc1. The van der Waals surface area contributed by atoms with Crippen LogP contribution >= 0.6 is 11.8 Å². The zero-order valence-electron chi connectivity index (χ0n) is 20.5. The Morgan fingerprint density at radius 2 is 1.88 bits per heavy atom. The number of carbonyl (C=O) groups excluding carboxylic acids is 1. The van der Waals surface area contributed by atoms with Crippen LogP contribution in [0.1, 0.15) is 83.7 Å². The standard InChI is InChI=1S/C26H38N4O2S/c1-6-17-30-24(19(2)32-22-15-13-20(14-16-22)26(3,4)5)28-29-25(30)33-18-23(31)27-21-11-9-7-8-10-12-21/h6,13-16,19,21H,1,7-12,17-18H2,2-5H3,(H,27,31).